The molecule has 2 N–H and O–H groups in total. The molecule has 0 saturated heterocycles. The molecule has 0 aliphatic rings. The van der Waals surface area contributed by atoms with Crippen LogP contribution in [0.2, 0.25) is 0 Å². The van der Waals surface area contributed by atoms with Gasteiger partial charge in [-0.3, -0.25) is 9.48 Å². The lowest BCUT2D eigenvalue weighted by atomic mass is 9.84. The van der Waals surface area contributed by atoms with Gasteiger partial charge in [0.2, 0.25) is 0 Å². The standard InChI is InChI=1S/C16H29N3O/c1-6-13(7-2)19-9-8-12(18-19)10-14(20)11-15(17)16(3,4)5/h8-9,13,15H,6-7,10-11,17H2,1-5H3. The fourth-order valence-electron chi connectivity index (χ4n) is 2.16. The lowest BCUT2D eigenvalue weighted by molar-refractivity contribution is -0.119. The molecule has 1 atom stereocenters. The summed E-state index contributed by atoms with van der Waals surface area (Å²) in [5.41, 5.74) is 6.87. The number of Topliss-reactive ketones (excluding diaryl/α,β-unsaturated/α-hetero) is 1. The van der Waals surface area contributed by atoms with Gasteiger partial charge < -0.3 is 5.73 Å². The Labute approximate surface area is 122 Å². The molecule has 4 nitrogen and oxygen atoms in total. The van der Waals surface area contributed by atoms with E-state index in [1.165, 1.54) is 0 Å². The van der Waals surface area contributed by atoms with Crippen molar-refractivity contribution in [2.45, 2.75) is 72.4 Å². The van der Waals surface area contributed by atoms with Crippen LogP contribution in [0, 0.1) is 5.41 Å². The monoisotopic (exact) mass is 279 g/mol. The Bertz CT molecular complexity index is 427. The quantitative estimate of drug-likeness (QED) is 0.834. The Hall–Kier alpha value is -1.16. The van der Waals surface area contributed by atoms with Gasteiger partial charge >= 0.3 is 0 Å². The highest BCUT2D eigenvalue weighted by Crippen LogP contribution is 2.20. The molecule has 1 rings (SSSR count). The maximum atomic E-state index is 12.1. The van der Waals surface area contributed by atoms with Crippen molar-refractivity contribution < 1.29 is 4.79 Å². The van der Waals surface area contributed by atoms with Gasteiger partial charge in [0.25, 0.3) is 0 Å². The third kappa shape index (κ3) is 4.75. The van der Waals surface area contributed by atoms with E-state index in [4.69, 9.17) is 5.73 Å². The van der Waals surface area contributed by atoms with Crippen LogP contribution >= 0.6 is 0 Å². The molecule has 0 bridgehead atoms. The molecule has 20 heavy (non-hydrogen) atoms. The number of nitrogens with zero attached hydrogens (tertiary/aromatic N) is 2. The molecule has 1 aromatic heterocycles. The average Bonchev–Trinajstić information content (AvgIpc) is 2.77. The number of carbonyl (C=O) groups is 1. The number of rotatable bonds is 7. The van der Waals surface area contributed by atoms with Gasteiger partial charge in [0.05, 0.1) is 18.2 Å². The zero-order chi connectivity index (χ0) is 15.3. The van der Waals surface area contributed by atoms with Crippen LogP contribution in [0.3, 0.4) is 0 Å². The highest BCUT2D eigenvalue weighted by Gasteiger charge is 2.23. The van der Waals surface area contributed by atoms with Crippen molar-refractivity contribution in [1.29, 1.82) is 0 Å². The van der Waals surface area contributed by atoms with Gasteiger partial charge in [-0.15, -0.1) is 0 Å². The normalized spacial score (nSPS) is 13.8. The smallest absolute Gasteiger partial charge is 0.140 e. The molecule has 114 valence electrons. The van der Waals surface area contributed by atoms with E-state index in [1.54, 1.807) is 0 Å². The molecule has 0 aromatic carbocycles. The fraction of sp³-hybridized carbons (Fsp3) is 0.750. The van der Waals surface area contributed by atoms with Crippen molar-refractivity contribution in [3.8, 4) is 0 Å². The summed E-state index contributed by atoms with van der Waals surface area (Å²) in [5, 5.41) is 4.52. The average molecular weight is 279 g/mol. The lowest BCUT2D eigenvalue weighted by Crippen LogP contribution is -2.37. The molecule has 0 radical (unpaired) electrons. The second-order valence-corrected chi connectivity index (χ2v) is 6.65. The first-order valence-electron chi connectivity index (χ1n) is 7.59. The summed E-state index contributed by atoms with van der Waals surface area (Å²) in [6.07, 6.45) is 4.89. The Balaban J connectivity index is 2.59. The number of carbonyl (C=O) groups excluding carboxylic acids is 1. The first-order chi connectivity index (χ1) is 9.27. The van der Waals surface area contributed by atoms with Gasteiger partial charge in [0, 0.05) is 18.7 Å². The van der Waals surface area contributed by atoms with Crippen molar-refractivity contribution >= 4 is 5.78 Å². The zero-order valence-corrected chi connectivity index (χ0v) is 13.5. The van der Waals surface area contributed by atoms with Crippen molar-refractivity contribution in [1.82, 2.24) is 9.78 Å². The summed E-state index contributed by atoms with van der Waals surface area (Å²) in [6.45, 7) is 10.5. The maximum Gasteiger partial charge on any atom is 0.140 e. The highest BCUT2D eigenvalue weighted by atomic mass is 16.1. The highest BCUT2D eigenvalue weighted by molar-refractivity contribution is 5.81. The van der Waals surface area contributed by atoms with E-state index in [9.17, 15) is 4.79 Å². The summed E-state index contributed by atoms with van der Waals surface area (Å²) in [5.74, 6) is 0.169. The molecule has 0 aliphatic heterocycles. The van der Waals surface area contributed by atoms with Crippen LogP contribution in [0.15, 0.2) is 12.3 Å². The van der Waals surface area contributed by atoms with Crippen LogP contribution in [-0.2, 0) is 11.2 Å². The predicted molar refractivity (Wildman–Crippen MR) is 82.6 cm³/mol. The summed E-state index contributed by atoms with van der Waals surface area (Å²) >= 11 is 0. The van der Waals surface area contributed by atoms with Crippen LogP contribution in [-0.4, -0.2) is 21.6 Å². The van der Waals surface area contributed by atoms with Gasteiger partial charge in [0.15, 0.2) is 0 Å². The third-order valence-electron chi connectivity index (χ3n) is 3.92. The minimum Gasteiger partial charge on any atom is -0.327 e. The van der Waals surface area contributed by atoms with Crippen molar-refractivity contribution in [3.63, 3.8) is 0 Å². The minimum atomic E-state index is -0.101. The van der Waals surface area contributed by atoms with Gasteiger partial charge in [-0.1, -0.05) is 34.6 Å². The maximum absolute atomic E-state index is 12.1. The number of ketones is 1. The van der Waals surface area contributed by atoms with Gasteiger partial charge in [0.1, 0.15) is 5.78 Å². The first-order valence-corrected chi connectivity index (χ1v) is 7.59. The number of hydrogen-bond donors (Lipinski definition) is 1. The van der Waals surface area contributed by atoms with Gasteiger partial charge in [-0.2, -0.15) is 5.10 Å². The van der Waals surface area contributed by atoms with Crippen molar-refractivity contribution in [3.05, 3.63) is 18.0 Å². The van der Waals surface area contributed by atoms with E-state index in [2.05, 4.69) is 39.7 Å². The minimum absolute atomic E-state index is 0.0372. The van der Waals surface area contributed by atoms with Crippen LogP contribution in [0.4, 0.5) is 0 Å². The number of nitrogens with two attached hydrogens (primary N) is 1. The molecule has 0 fully saturated rings. The summed E-state index contributed by atoms with van der Waals surface area (Å²) < 4.78 is 1.98. The molecule has 0 spiro atoms. The van der Waals surface area contributed by atoms with Crippen molar-refractivity contribution in [2.75, 3.05) is 0 Å². The Morgan fingerprint density at radius 3 is 2.45 bits per heavy atom. The zero-order valence-electron chi connectivity index (χ0n) is 13.5. The lowest BCUT2D eigenvalue weighted by Gasteiger charge is -2.26. The van der Waals surface area contributed by atoms with E-state index in [0.29, 0.717) is 18.9 Å². The predicted octanol–water partition coefficient (Wildman–Crippen LogP) is 3.12. The third-order valence-corrected chi connectivity index (χ3v) is 3.92. The molecule has 1 heterocycles. The summed E-state index contributed by atoms with van der Waals surface area (Å²) in [6, 6.07) is 2.27. The van der Waals surface area contributed by atoms with Gasteiger partial charge in [-0.25, -0.2) is 0 Å². The number of hydrogen-bond acceptors (Lipinski definition) is 3. The Kier molecular flexibility index (Phi) is 5.93. The molecular formula is C16H29N3O. The molecule has 0 amide bonds. The van der Waals surface area contributed by atoms with E-state index in [0.717, 1.165) is 18.5 Å². The van der Waals surface area contributed by atoms with E-state index in [-0.39, 0.29) is 17.2 Å². The van der Waals surface area contributed by atoms with Crippen LogP contribution in [0.1, 0.15) is 65.6 Å². The Morgan fingerprint density at radius 1 is 1.35 bits per heavy atom. The largest absolute Gasteiger partial charge is 0.327 e. The second-order valence-electron chi connectivity index (χ2n) is 6.65. The van der Waals surface area contributed by atoms with E-state index in [1.807, 2.05) is 16.9 Å². The molecule has 1 aromatic rings. The van der Waals surface area contributed by atoms with Crippen LogP contribution in [0.25, 0.3) is 0 Å². The topological polar surface area (TPSA) is 60.9 Å². The fourth-order valence-corrected chi connectivity index (χ4v) is 2.16. The van der Waals surface area contributed by atoms with Crippen molar-refractivity contribution in [2.24, 2.45) is 11.1 Å². The van der Waals surface area contributed by atoms with Crippen LogP contribution < -0.4 is 5.73 Å². The molecule has 0 aliphatic carbocycles. The van der Waals surface area contributed by atoms with E-state index >= 15 is 0 Å². The SMILES string of the molecule is CCC(CC)n1ccc(CC(=O)CC(N)C(C)(C)C)n1. The number of aromatic nitrogens is 2. The summed E-state index contributed by atoms with van der Waals surface area (Å²) in [7, 11) is 0. The van der Waals surface area contributed by atoms with Crippen LogP contribution in [0.5, 0.6) is 0 Å². The Morgan fingerprint density at radius 2 is 1.95 bits per heavy atom. The second kappa shape index (κ2) is 7.02. The first kappa shape index (κ1) is 16.9. The molecule has 0 saturated carbocycles. The summed E-state index contributed by atoms with van der Waals surface area (Å²) in [4.78, 5) is 12.1. The molecule has 4 heteroatoms. The van der Waals surface area contributed by atoms with E-state index < -0.39 is 0 Å². The molecular weight excluding hydrogens is 250 g/mol. The molecule has 1 unspecified atom stereocenters. The van der Waals surface area contributed by atoms with Gasteiger partial charge in [-0.05, 0) is 24.3 Å².